The summed E-state index contributed by atoms with van der Waals surface area (Å²) in [6, 6.07) is 14.8. The number of rotatable bonds is 7. The van der Waals surface area contributed by atoms with E-state index in [2.05, 4.69) is 19.1 Å². The third-order valence-electron chi connectivity index (χ3n) is 7.32. The van der Waals surface area contributed by atoms with Crippen molar-refractivity contribution in [1.82, 2.24) is 4.31 Å². The van der Waals surface area contributed by atoms with Crippen molar-refractivity contribution in [3.8, 4) is 5.75 Å². The number of aryl methyl sites for hydroxylation is 1. The van der Waals surface area contributed by atoms with E-state index in [-0.39, 0.29) is 5.41 Å². The first-order valence-electron chi connectivity index (χ1n) is 11.5. The number of ether oxygens (including phenoxy) is 1. The summed E-state index contributed by atoms with van der Waals surface area (Å²) in [6.07, 6.45) is 6.14. The van der Waals surface area contributed by atoms with E-state index in [1.165, 1.54) is 5.56 Å². The van der Waals surface area contributed by atoms with Crippen LogP contribution < -0.4 is 4.74 Å². The predicted molar refractivity (Wildman–Crippen MR) is 125 cm³/mol. The Morgan fingerprint density at radius 2 is 1.69 bits per heavy atom. The Labute approximate surface area is 191 Å². The molecule has 1 spiro atoms. The van der Waals surface area contributed by atoms with Crippen molar-refractivity contribution in [2.24, 2.45) is 11.3 Å². The fourth-order valence-corrected chi connectivity index (χ4v) is 6.82. The van der Waals surface area contributed by atoms with Gasteiger partial charge in [-0.05, 0) is 80.2 Å². The van der Waals surface area contributed by atoms with Gasteiger partial charge in [0.2, 0.25) is 10.0 Å². The van der Waals surface area contributed by atoms with Crippen molar-refractivity contribution in [3.63, 3.8) is 0 Å². The first-order chi connectivity index (χ1) is 15.3. The van der Waals surface area contributed by atoms with Gasteiger partial charge in [-0.1, -0.05) is 29.8 Å². The largest absolute Gasteiger partial charge is 0.497 e. The van der Waals surface area contributed by atoms with Crippen molar-refractivity contribution in [3.05, 3.63) is 59.7 Å². The zero-order valence-corrected chi connectivity index (χ0v) is 19.9. The molecule has 2 fully saturated rings. The molecule has 2 aromatic carbocycles. The second kappa shape index (κ2) is 9.36. The summed E-state index contributed by atoms with van der Waals surface area (Å²) in [6.45, 7) is 3.16. The molecule has 4 rings (SSSR count). The summed E-state index contributed by atoms with van der Waals surface area (Å²) in [5.74, 6) is 1.39. The molecule has 1 saturated heterocycles. The predicted octanol–water partition coefficient (Wildman–Crippen LogP) is 4.78. The van der Waals surface area contributed by atoms with Gasteiger partial charge in [-0.15, -0.1) is 0 Å². The standard InChI is InChI=1S/C26H33NO4S/c1-20-3-5-21(6-4-20)17-23(28)18-22-11-12-26(19-22)13-15-27(16-14-26)32(29,30)25-9-7-24(31-2)8-10-25/h3-10,22H,11-19H2,1-2H3. The lowest BCUT2D eigenvalue weighted by molar-refractivity contribution is -0.119. The third kappa shape index (κ3) is 5.07. The van der Waals surface area contributed by atoms with E-state index >= 15 is 0 Å². The Morgan fingerprint density at radius 1 is 1.03 bits per heavy atom. The number of nitrogens with zero attached hydrogens (tertiary/aromatic N) is 1. The number of benzene rings is 2. The van der Waals surface area contributed by atoms with E-state index < -0.39 is 10.0 Å². The number of sulfonamides is 1. The fourth-order valence-electron chi connectivity index (χ4n) is 5.38. The first kappa shape index (κ1) is 23.0. The summed E-state index contributed by atoms with van der Waals surface area (Å²) in [5.41, 5.74) is 2.49. The lowest BCUT2D eigenvalue weighted by Crippen LogP contribution is -2.42. The first-order valence-corrected chi connectivity index (χ1v) is 13.0. The highest BCUT2D eigenvalue weighted by atomic mass is 32.2. The number of methoxy groups -OCH3 is 1. The molecule has 6 heteroatoms. The van der Waals surface area contributed by atoms with Gasteiger partial charge in [0.25, 0.3) is 0 Å². The molecule has 172 valence electrons. The normalized spacial score (nSPS) is 21.0. The molecule has 0 aromatic heterocycles. The van der Waals surface area contributed by atoms with E-state index in [9.17, 15) is 13.2 Å². The zero-order chi connectivity index (χ0) is 22.8. The van der Waals surface area contributed by atoms with Crippen LogP contribution in [0.5, 0.6) is 5.75 Å². The van der Waals surface area contributed by atoms with Crippen LogP contribution >= 0.6 is 0 Å². The van der Waals surface area contributed by atoms with Gasteiger partial charge < -0.3 is 4.74 Å². The molecule has 5 nitrogen and oxygen atoms in total. The smallest absolute Gasteiger partial charge is 0.243 e. The highest BCUT2D eigenvalue weighted by Crippen LogP contribution is 2.50. The van der Waals surface area contributed by atoms with Gasteiger partial charge in [-0.25, -0.2) is 8.42 Å². The second-order valence-corrected chi connectivity index (χ2v) is 11.5. The van der Waals surface area contributed by atoms with Crippen molar-refractivity contribution in [2.75, 3.05) is 20.2 Å². The Kier molecular flexibility index (Phi) is 6.72. The summed E-state index contributed by atoms with van der Waals surface area (Å²) >= 11 is 0. The van der Waals surface area contributed by atoms with E-state index in [4.69, 9.17) is 4.74 Å². The van der Waals surface area contributed by atoms with E-state index in [0.29, 0.717) is 48.3 Å². The number of Topliss-reactive ketones (excluding diaryl/α,β-unsaturated/α-hetero) is 1. The monoisotopic (exact) mass is 455 g/mol. The molecule has 0 bridgehead atoms. The van der Waals surface area contributed by atoms with Crippen molar-refractivity contribution in [2.45, 2.75) is 56.8 Å². The molecule has 2 aromatic rings. The highest BCUT2D eigenvalue weighted by Gasteiger charge is 2.43. The number of piperidine rings is 1. The van der Waals surface area contributed by atoms with Crippen LogP contribution in [0, 0.1) is 18.3 Å². The van der Waals surface area contributed by atoms with Crippen LogP contribution in [0.2, 0.25) is 0 Å². The van der Waals surface area contributed by atoms with Gasteiger partial charge in [-0.3, -0.25) is 4.79 Å². The molecule has 0 amide bonds. The Bertz CT molecular complexity index is 1040. The van der Waals surface area contributed by atoms with E-state index in [0.717, 1.165) is 37.7 Å². The van der Waals surface area contributed by atoms with Crippen molar-refractivity contribution in [1.29, 1.82) is 0 Å². The minimum atomic E-state index is -3.48. The summed E-state index contributed by atoms with van der Waals surface area (Å²) < 4.78 is 32.8. The second-order valence-electron chi connectivity index (χ2n) is 9.59. The molecular formula is C26H33NO4S. The minimum Gasteiger partial charge on any atom is -0.497 e. The maximum absolute atomic E-state index is 13.0. The molecular weight excluding hydrogens is 422 g/mol. The average Bonchev–Trinajstić information content (AvgIpc) is 3.17. The third-order valence-corrected chi connectivity index (χ3v) is 9.24. The number of carbonyl (C=O) groups excluding carboxylic acids is 1. The minimum absolute atomic E-state index is 0.195. The lowest BCUT2D eigenvalue weighted by atomic mass is 9.76. The van der Waals surface area contributed by atoms with Gasteiger partial charge in [0.1, 0.15) is 11.5 Å². The highest BCUT2D eigenvalue weighted by molar-refractivity contribution is 7.89. The van der Waals surface area contributed by atoms with Crippen LogP contribution in [-0.4, -0.2) is 38.7 Å². The Balaban J connectivity index is 1.30. The number of ketones is 1. The van der Waals surface area contributed by atoms with Crippen LogP contribution in [-0.2, 0) is 21.2 Å². The van der Waals surface area contributed by atoms with Crippen molar-refractivity contribution >= 4 is 15.8 Å². The van der Waals surface area contributed by atoms with Crippen LogP contribution in [0.1, 0.15) is 49.7 Å². The fraction of sp³-hybridized carbons (Fsp3) is 0.500. The summed E-state index contributed by atoms with van der Waals surface area (Å²) in [4.78, 5) is 12.9. The molecule has 0 radical (unpaired) electrons. The van der Waals surface area contributed by atoms with Gasteiger partial charge in [0, 0.05) is 25.9 Å². The van der Waals surface area contributed by atoms with Crippen LogP contribution in [0.25, 0.3) is 0 Å². The molecule has 2 aliphatic rings. The molecule has 1 unspecified atom stereocenters. The molecule has 1 aliphatic heterocycles. The molecule has 1 atom stereocenters. The van der Waals surface area contributed by atoms with Crippen LogP contribution in [0.3, 0.4) is 0 Å². The Hall–Kier alpha value is -2.18. The average molecular weight is 456 g/mol. The van der Waals surface area contributed by atoms with Crippen molar-refractivity contribution < 1.29 is 17.9 Å². The maximum atomic E-state index is 13.0. The van der Waals surface area contributed by atoms with Gasteiger partial charge in [-0.2, -0.15) is 4.31 Å². The topological polar surface area (TPSA) is 63.7 Å². The zero-order valence-electron chi connectivity index (χ0n) is 19.0. The van der Waals surface area contributed by atoms with E-state index in [1.807, 2.05) is 12.1 Å². The van der Waals surface area contributed by atoms with Gasteiger partial charge in [0.05, 0.1) is 12.0 Å². The molecule has 1 aliphatic carbocycles. The number of hydrogen-bond acceptors (Lipinski definition) is 4. The molecule has 0 N–H and O–H groups in total. The van der Waals surface area contributed by atoms with Crippen LogP contribution in [0.4, 0.5) is 0 Å². The maximum Gasteiger partial charge on any atom is 0.243 e. The molecule has 32 heavy (non-hydrogen) atoms. The number of hydrogen-bond donors (Lipinski definition) is 0. The van der Waals surface area contributed by atoms with Gasteiger partial charge in [0.15, 0.2) is 0 Å². The van der Waals surface area contributed by atoms with Crippen LogP contribution in [0.15, 0.2) is 53.4 Å². The number of carbonyl (C=O) groups is 1. The lowest BCUT2D eigenvalue weighted by Gasteiger charge is -2.39. The molecule has 1 saturated carbocycles. The molecule has 1 heterocycles. The SMILES string of the molecule is COc1ccc(S(=O)(=O)N2CCC3(CCC(CC(=O)Cc4ccc(C)cc4)C3)CC2)cc1. The Morgan fingerprint density at radius 3 is 2.31 bits per heavy atom. The summed E-state index contributed by atoms with van der Waals surface area (Å²) in [7, 11) is -1.91. The van der Waals surface area contributed by atoms with E-state index in [1.54, 1.807) is 35.7 Å². The summed E-state index contributed by atoms with van der Waals surface area (Å²) in [5, 5.41) is 0. The van der Waals surface area contributed by atoms with Gasteiger partial charge >= 0.3 is 0 Å². The quantitative estimate of drug-likeness (QED) is 0.603.